The van der Waals surface area contributed by atoms with E-state index in [1.54, 1.807) is 29.8 Å². The standard InChI is InChI=1S/C19H19FN2O/c1-12(2)13-7-9-14(10-8-13)21-19(23)18-11-15-16(20)5-4-6-17(15)22(18)3/h4-12H,1-3H3,(H,21,23). The predicted molar refractivity (Wildman–Crippen MR) is 91.4 cm³/mol. The number of aromatic nitrogens is 1. The van der Waals surface area contributed by atoms with E-state index in [-0.39, 0.29) is 11.7 Å². The van der Waals surface area contributed by atoms with Gasteiger partial charge in [-0.25, -0.2) is 4.39 Å². The number of nitrogens with one attached hydrogen (secondary N) is 1. The second kappa shape index (κ2) is 5.88. The third-order valence-electron chi connectivity index (χ3n) is 4.10. The van der Waals surface area contributed by atoms with Crippen molar-refractivity contribution in [1.29, 1.82) is 0 Å². The van der Waals surface area contributed by atoms with Crippen LogP contribution in [0.4, 0.5) is 10.1 Å². The Labute approximate surface area is 134 Å². The molecule has 118 valence electrons. The normalized spacial score (nSPS) is 11.2. The molecule has 0 radical (unpaired) electrons. The molecule has 0 aliphatic carbocycles. The van der Waals surface area contributed by atoms with Crippen molar-refractivity contribution in [2.24, 2.45) is 7.05 Å². The summed E-state index contributed by atoms with van der Waals surface area (Å²) in [5, 5.41) is 3.32. The average molecular weight is 310 g/mol. The van der Waals surface area contributed by atoms with Gasteiger partial charge in [-0.15, -0.1) is 0 Å². The maximum atomic E-state index is 13.8. The molecule has 0 fully saturated rings. The molecule has 1 N–H and O–H groups in total. The third kappa shape index (κ3) is 2.84. The minimum absolute atomic E-state index is 0.250. The summed E-state index contributed by atoms with van der Waals surface area (Å²) in [5.74, 6) is -0.125. The Morgan fingerprint density at radius 2 is 1.83 bits per heavy atom. The Bertz CT molecular complexity index is 863. The van der Waals surface area contributed by atoms with Crippen molar-refractivity contribution in [3.05, 3.63) is 65.6 Å². The van der Waals surface area contributed by atoms with Gasteiger partial charge in [-0.1, -0.05) is 32.0 Å². The monoisotopic (exact) mass is 310 g/mol. The zero-order valence-electron chi connectivity index (χ0n) is 13.4. The Hall–Kier alpha value is -2.62. The molecule has 0 saturated heterocycles. The molecule has 3 nitrogen and oxygen atoms in total. The van der Waals surface area contributed by atoms with Crippen LogP contribution in [0.3, 0.4) is 0 Å². The van der Waals surface area contributed by atoms with Crippen LogP contribution in [0.2, 0.25) is 0 Å². The van der Waals surface area contributed by atoms with Crippen LogP contribution < -0.4 is 5.32 Å². The van der Waals surface area contributed by atoms with Crippen molar-refractivity contribution in [1.82, 2.24) is 4.57 Å². The molecule has 3 rings (SSSR count). The summed E-state index contributed by atoms with van der Waals surface area (Å²) in [6.07, 6.45) is 0. The summed E-state index contributed by atoms with van der Waals surface area (Å²) >= 11 is 0. The summed E-state index contributed by atoms with van der Waals surface area (Å²) in [6, 6.07) is 14.2. The first-order valence-electron chi connectivity index (χ1n) is 7.62. The molecule has 4 heteroatoms. The minimum Gasteiger partial charge on any atom is -0.340 e. The summed E-state index contributed by atoms with van der Waals surface area (Å²) in [6.45, 7) is 4.25. The maximum absolute atomic E-state index is 13.8. The lowest BCUT2D eigenvalue weighted by molar-refractivity contribution is 0.102. The predicted octanol–water partition coefficient (Wildman–Crippen LogP) is 4.69. The smallest absolute Gasteiger partial charge is 0.272 e. The van der Waals surface area contributed by atoms with E-state index in [9.17, 15) is 9.18 Å². The number of rotatable bonds is 3. The van der Waals surface area contributed by atoms with Gasteiger partial charge in [0.1, 0.15) is 11.5 Å². The zero-order chi connectivity index (χ0) is 16.6. The van der Waals surface area contributed by atoms with E-state index in [0.717, 1.165) is 5.69 Å². The van der Waals surface area contributed by atoms with Crippen LogP contribution in [-0.4, -0.2) is 10.5 Å². The molecule has 0 unspecified atom stereocenters. The minimum atomic E-state index is -0.321. The van der Waals surface area contributed by atoms with Crippen molar-refractivity contribution in [3.63, 3.8) is 0 Å². The van der Waals surface area contributed by atoms with Crippen LogP contribution in [0, 0.1) is 5.82 Å². The Morgan fingerprint density at radius 3 is 2.43 bits per heavy atom. The highest BCUT2D eigenvalue weighted by atomic mass is 19.1. The first kappa shape index (κ1) is 15.3. The molecule has 0 aliphatic heterocycles. The molecule has 0 bridgehead atoms. The molecule has 23 heavy (non-hydrogen) atoms. The quantitative estimate of drug-likeness (QED) is 0.748. The second-order valence-corrected chi connectivity index (χ2v) is 5.99. The lowest BCUT2D eigenvalue weighted by Crippen LogP contribution is -2.15. The molecule has 0 aliphatic rings. The van der Waals surface area contributed by atoms with E-state index in [1.807, 2.05) is 24.3 Å². The molecule has 1 aromatic heterocycles. The SMILES string of the molecule is CC(C)c1ccc(NC(=O)c2cc3c(F)cccc3n2C)cc1. The summed E-state index contributed by atoms with van der Waals surface area (Å²) in [5.41, 5.74) is 3.07. The van der Waals surface area contributed by atoms with Crippen molar-refractivity contribution in [2.45, 2.75) is 19.8 Å². The van der Waals surface area contributed by atoms with E-state index in [0.29, 0.717) is 22.5 Å². The molecule has 1 amide bonds. The molecular weight excluding hydrogens is 291 g/mol. The number of aryl methyl sites for hydroxylation is 1. The van der Waals surface area contributed by atoms with Crippen LogP contribution in [0.15, 0.2) is 48.5 Å². The van der Waals surface area contributed by atoms with Crippen LogP contribution in [-0.2, 0) is 7.05 Å². The van der Waals surface area contributed by atoms with Gasteiger partial charge in [-0.3, -0.25) is 4.79 Å². The Balaban J connectivity index is 1.89. The largest absolute Gasteiger partial charge is 0.340 e. The number of carbonyl (C=O) groups is 1. The summed E-state index contributed by atoms with van der Waals surface area (Å²) < 4.78 is 15.5. The molecule has 0 spiro atoms. The number of hydrogen-bond donors (Lipinski definition) is 1. The van der Waals surface area contributed by atoms with Gasteiger partial charge in [-0.2, -0.15) is 0 Å². The number of amides is 1. The number of benzene rings is 2. The van der Waals surface area contributed by atoms with Crippen molar-refractivity contribution >= 4 is 22.5 Å². The highest BCUT2D eigenvalue weighted by molar-refractivity contribution is 6.06. The molecule has 3 aromatic rings. The van der Waals surface area contributed by atoms with Gasteiger partial charge >= 0.3 is 0 Å². The van der Waals surface area contributed by atoms with Crippen molar-refractivity contribution in [2.75, 3.05) is 5.32 Å². The van der Waals surface area contributed by atoms with Crippen LogP contribution >= 0.6 is 0 Å². The molecule has 1 heterocycles. The third-order valence-corrected chi connectivity index (χ3v) is 4.10. The van der Waals surface area contributed by atoms with Gasteiger partial charge in [0.2, 0.25) is 0 Å². The number of hydrogen-bond acceptors (Lipinski definition) is 1. The lowest BCUT2D eigenvalue weighted by Gasteiger charge is -2.09. The molecular formula is C19H19FN2O. The maximum Gasteiger partial charge on any atom is 0.272 e. The molecule has 0 atom stereocenters. The van der Waals surface area contributed by atoms with Crippen LogP contribution in [0.5, 0.6) is 0 Å². The number of nitrogens with zero attached hydrogens (tertiary/aromatic N) is 1. The fourth-order valence-corrected chi connectivity index (χ4v) is 2.69. The summed E-state index contributed by atoms with van der Waals surface area (Å²) in [7, 11) is 1.76. The lowest BCUT2D eigenvalue weighted by atomic mass is 10.0. The first-order chi connectivity index (χ1) is 11.0. The highest BCUT2D eigenvalue weighted by Gasteiger charge is 2.15. The van der Waals surface area contributed by atoms with E-state index in [2.05, 4.69) is 19.2 Å². The number of anilines is 1. The fraction of sp³-hybridized carbons (Fsp3) is 0.211. The van der Waals surface area contributed by atoms with E-state index in [1.165, 1.54) is 11.6 Å². The molecule has 0 saturated carbocycles. The average Bonchev–Trinajstić information content (AvgIpc) is 2.87. The van der Waals surface area contributed by atoms with Gasteiger partial charge in [0.15, 0.2) is 0 Å². The van der Waals surface area contributed by atoms with Gasteiger partial charge in [-0.05, 0) is 41.8 Å². The fourth-order valence-electron chi connectivity index (χ4n) is 2.69. The van der Waals surface area contributed by atoms with E-state index in [4.69, 9.17) is 0 Å². The van der Waals surface area contributed by atoms with Crippen LogP contribution in [0.25, 0.3) is 10.9 Å². The summed E-state index contributed by atoms with van der Waals surface area (Å²) in [4.78, 5) is 12.5. The number of carbonyl (C=O) groups excluding carboxylic acids is 1. The zero-order valence-corrected chi connectivity index (χ0v) is 13.4. The van der Waals surface area contributed by atoms with Gasteiger partial charge in [0, 0.05) is 18.1 Å². The van der Waals surface area contributed by atoms with Crippen molar-refractivity contribution in [3.8, 4) is 0 Å². The van der Waals surface area contributed by atoms with E-state index >= 15 is 0 Å². The number of halogens is 1. The van der Waals surface area contributed by atoms with E-state index < -0.39 is 0 Å². The Kier molecular flexibility index (Phi) is 3.90. The topological polar surface area (TPSA) is 34.0 Å². The molecule has 2 aromatic carbocycles. The van der Waals surface area contributed by atoms with Gasteiger partial charge < -0.3 is 9.88 Å². The van der Waals surface area contributed by atoms with Gasteiger partial charge in [0.05, 0.1) is 5.52 Å². The number of fused-ring (bicyclic) bond motifs is 1. The first-order valence-corrected chi connectivity index (χ1v) is 7.62. The van der Waals surface area contributed by atoms with Crippen LogP contribution in [0.1, 0.15) is 35.8 Å². The highest BCUT2D eigenvalue weighted by Crippen LogP contribution is 2.23. The van der Waals surface area contributed by atoms with Gasteiger partial charge in [0.25, 0.3) is 5.91 Å². The van der Waals surface area contributed by atoms with Crippen molar-refractivity contribution < 1.29 is 9.18 Å². The second-order valence-electron chi connectivity index (χ2n) is 5.99. The Morgan fingerprint density at radius 1 is 1.13 bits per heavy atom.